The summed E-state index contributed by atoms with van der Waals surface area (Å²) in [5, 5.41) is 2.33. The molecule has 1 N–H and O–H groups in total. The lowest BCUT2D eigenvalue weighted by Crippen LogP contribution is -2.16. The minimum atomic E-state index is -0.315. The van der Waals surface area contributed by atoms with Crippen molar-refractivity contribution in [1.82, 2.24) is 10.3 Å². The number of rotatable bonds is 4. The van der Waals surface area contributed by atoms with Crippen molar-refractivity contribution in [2.24, 2.45) is 0 Å². The quantitative estimate of drug-likeness (QED) is 0.513. The molecule has 16 heavy (non-hydrogen) atoms. The molecule has 0 spiro atoms. The molecule has 0 radical (unpaired) electrons. The van der Waals surface area contributed by atoms with Crippen molar-refractivity contribution in [2.75, 3.05) is 13.7 Å². The fraction of sp³-hybridized carbons (Fsp3) is 0.300. The lowest BCUT2D eigenvalue weighted by Gasteiger charge is -1.95. The highest BCUT2D eigenvalue weighted by Gasteiger charge is 1.95. The Morgan fingerprint density at radius 2 is 2.44 bits per heavy atom. The second-order valence-electron chi connectivity index (χ2n) is 2.57. The van der Waals surface area contributed by atoms with E-state index in [0.717, 1.165) is 4.47 Å². The van der Waals surface area contributed by atoms with Crippen LogP contribution in [0.3, 0.4) is 0 Å². The van der Waals surface area contributed by atoms with E-state index in [1.807, 2.05) is 12.1 Å². The topological polar surface area (TPSA) is 68.3 Å². The van der Waals surface area contributed by atoms with Crippen molar-refractivity contribution in [3.63, 3.8) is 0 Å². The van der Waals surface area contributed by atoms with Gasteiger partial charge in [-0.2, -0.15) is 0 Å². The second-order valence-corrected chi connectivity index (χ2v) is 3.49. The standard InChI is InChI=1S/C5H4BrN.C5H9NO3/c6-5-2-1-3-7-4-5;1-9-5(8)2-3-6-4-7/h1-4H;4H,2-3H2,1H3,(H,6,7). The minimum absolute atomic E-state index is 0.231. The van der Waals surface area contributed by atoms with Gasteiger partial charge in [-0.25, -0.2) is 0 Å². The zero-order chi connectivity index (χ0) is 12.2. The Balaban J connectivity index is 0.000000288. The summed E-state index contributed by atoms with van der Waals surface area (Å²) in [6.07, 6.45) is 4.27. The van der Waals surface area contributed by atoms with Crippen LogP contribution in [0.25, 0.3) is 0 Å². The minimum Gasteiger partial charge on any atom is -0.469 e. The molecular formula is C10H13BrN2O3. The first-order valence-electron chi connectivity index (χ1n) is 4.50. The van der Waals surface area contributed by atoms with Gasteiger partial charge in [0.05, 0.1) is 13.5 Å². The maximum Gasteiger partial charge on any atom is 0.307 e. The van der Waals surface area contributed by atoms with Gasteiger partial charge in [0.2, 0.25) is 6.41 Å². The highest BCUT2D eigenvalue weighted by Crippen LogP contribution is 2.02. The molecule has 1 amide bonds. The molecule has 0 unspecified atom stereocenters. The number of pyridine rings is 1. The molecule has 1 heterocycles. The van der Waals surface area contributed by atoms with Crippen LogP contribution in [0.15, 0.2) is 29.0 Å². The van der Waals surface area contributed by atoms with E-state index < -0.39 is 0 Å². The number of aromatic nitrogens is 1. The number of hydrogen-bond acceptors (Lipinski definition) is 4. The van der Waals surface area contributed by atoms with Crippen molar-refractivity contribution < 1.29 is 14.3 Å². The zero-order valence-electron chi connectivity index (χ0n) is 8.85. The van der Waals surface area contributed by atoms with Crippen LogP contribution in [0.5, 0.6) is 0 Å². The number of ether oxygens (including phenoxy) is 1. The maximum absolute atomic E-state index is 10.3. The fourth-order valence-electron chi connectivity index (χ4n) is 0.677. The summed E-state index contributed by atoms with van der Waals surface area (Å²) >= 11 is 3.25. The van der Waals surface area contributed by atoms with E-state index in [9.17, 15) is 9.59 Å². The summed E-state index contributed by atoms with van der Waals surface area (Å²) in [7, 11) is 1.31. The third kappa shape index (κ3) is 9.14. The molecular weight excluding hydrogens is 276 g/mol. The van der Waals surface area contributed by atoms with Crippen LogP contribution in [0, 0.1) is 0 Å². The lowest BCUT2D eigenvalue weighted by atomic mass is 10.4. The first-order chi connectivity index (χ1) is 7.70. The molecule has 88 valence electrons. The predicted molar refractivity (Wildman–Crippen MR) is 62.6 cm³/mol. The SMILES string of the molecule is Brc1cccnc1.COC(=O)CCNC=O. The number of amides is 1. The Labute approximate surface area is 102 Å². The van der Waals surface area contributed by atoms with Gasteiger partial charge in [-0.1, -0.05) is 0 Å². The third-order valence-corrected chi connectivity index (χ3v) is 1.88. The molecule has 1 rings (SSSR count). The Morgan fingerprint density at radius 1 is 1.69 bits per heavy atom. The van der Waals surface area contributed by atoms with E-state index in [1.54, 1.807) is 12.4 Å². The summed E-state index contributed by atoms with van der Waals surface area (Å²) in [4.78, 5) is 23.8. The Bertz CT molecular complexity index is 306. The first kappa shape index (κ1) is 14.6. The van der Waals surface area contributed by atoms with E-state index in [4.69, 9.17) is 0 Å². The van der Waals surface area contributed by atoms with Gasteiger partial charge in [-0.3, -0.25) is 14.6 Å². The van der Waals surface area contributed by atoms with Crippen LogP contribution in [-0.2, 0) is 14.3 Å². The van der Waals surface area contributed by atoms with Gasteiger partial charge >= 0.3 is 5.97 Å². The summed E-state index contributed by atoms with van der Waals surface area (Å²) in [5.41, 5.74) is 0. The molecule has 0 fully saturated rings. The van der Waals surface area contributed by atoms with Gasteiger partial charge in [0.25, 0.3) is 0 Å². The van der Waals surface area contributed by atoms with Crippen molar-refractivity contribution >= 4 is 28.3 Å². The number of hydrogen-bond donors (Lipinski definition) is 1. The van der Waals surface area contributed by atoms with Gasteiger partial charge in [0, 0.05) is 23.4 Å². The number of carbonyl (C=O) groups is 2. The number of nitrogens with one attached hydrogen (secondary N) is 1. The molecule has 0 aliphatic carbocycles. The molecule has 6 heteroatoms. The van der Waals surface area contributed by atoms with Crippen LogP contribution in [-0.4, -0.2) is 31.0 Å². The average Bonchev–Trinajstić information content (AvgIpc) is 2.31. The largest absolute Gasteiger partial charge is 0.469 e. The molecule has 5 nitrogen and oxygen atoms in total. The highest BCUT2D eigenvalue weighted by molar-refractivity contribution is 9.10. The van der Waals surface area contributed by atoms with Gasteiger partial charge in [-0.15, -0.1) is 0 Å². The molecule has 0 saturated carbocycles. The Kier molecular flexibility index (Phi) is 9.20. The number of esters is 1. The van der Waals surface area contributed by atoms with Crippen molar-refractivity contribution in [1.29, 1.82) is 0 Å². The van der Waals surface area contributed by atoms with Crippen LogP contribution in [0.1, 0.15) is 6.42 Å². The highest BCUT2D eigenvalue weighted by atomic mass is 79.9. The maximum atomic E-state index is 10.3. The van der Waals surface area contributed by atoms with Crippen LogP contribution < -0.4 is 5.32 Å². The van der Waals surface area contributed by atoms with Gasteiger partial charge in [0.15, 0.2) is 0 Å². The van der Waals surface area contributed by atoms with E-state index in [2.05, 4.69) is 31.0 Å². The number of methoxy groups -OCH3 is 1. The molecule has 0 aromatic carbocycles. The van der Waals surface area contributed by atoms with Crippen molar-refractivity contribution in [3.8, 4) is 0 Å². The van der Waals surface area contributed by atoms with E-state index in [1.165, 1.54) is 7.11 Å². The fourth-order valence-corrected chi connectivity index (χ4v) is 0.948. The summed E-state index contributed by atoms with van der Waals surface area (Å²) < 4.78 is 5.33. The molecule has 1 aromatic rings. The summed E-state index contributed by atoms with van der Waals surface area (Å²) in [5.74, 6) is -0.315. The van der Waals surface area contributed by atoms with E-state index >= 15 is 0 Å². The average molecular weight is 289 g/mol. The zero-order valence-corrected chi connectivity index (χ0v) is 10.4. The number of nitrogens with zero attached hydrogens (tertiary/aromatic N) is 1. The number of halogens is 1. The second kappa shape index (κ2) is 10.1. The van der Waals surface area contributed by atoms with Gasteiger partial charge < -0.3 is 10.1 Å². The van der Waals surface area contributed by atoms with Crippen LogP contribution in [0.2, 0.25) is 0 Å². The smallest absolute Gasteiger partial charge is 0.307 e. The molecule has 0 aliphatic heterocycles. The van der Waals surface area contributed by atoms with Crippen molar-refractivity contribution in [2.45, 2.75) is 6.42 Å². The Morgan fingerprint density at radius 3 is 2.81 bits per heavy atom. The monoisotopic (exact) mass is 288 g/mol. The first-order valence-corrected chi connectivity index (χ1v) is 5.29. The normalized spacial score (nSPS) is 8.38. The summed E-state index contributed by atoms with van der Waals surface area (Å²) in [6, 6.07) is 3.82. The molecule has 1 aromatic heterocycles. The molecule has 0 atom stereocenters. The molecule has 0 bridgehead atoms. The van der Waals surface area contributed by atoms with E-state index in [0.29, 0.717) is 13.0 Å². The predicted octanol–water partition coefficient (Wildman–Crippen LogP) is 1.14. The van der Waals surface area contributed by atoms with Crippen LogP contribution in [0.4, 0.5) is 0 Å². The lowest BCUT2D eigenvalue weighted by molar-refractivity contribution is -0.140. The summed E-state index contributed by atoms with van der Waals surface area (Å²) in [6.45, 7) is 0.343. The van der Waals surface area contributed by atoms with Crippen molar-refractivity contribution in [3.05, 3.63) is 29.0 Å². The third-order valence-electron chi connectivity index (χ3n) is 1.41. The molecule has 0 aliphatic rings. The number of carbonyl (C=O) groups excluding carboxylic acids is 2. The Hall–Kier alpha value is -1.43. The molecule has 0 saturated heterocycles. The van der Waals surface area contributed by atoms with Gasteiger partial charge in [-0.05, 0) is 28.1 Å². The van der Waals surface area contributed by atoms with Gasteiger partial charge in [0.1, 0.15) is 0 Å². The van der Waals surface area contributed by atoms with Crippen LogP contribution >= 0.6 is 15.9 Å². The van der Waals surface area contributed by atoms with E-state index in [-0.39, 0.29) is 12.4 Å².